The first-order valence-corrected chi connectivity index (χ1v) is 14.8. The van der Waals surface area contributed by atoms with Gasteiger partial charge in [0.15, 0.2) is 11.5 Å². The Kier molecular flexibility index (Phi) is 8.85. The van der Waals surface area contributed by atoms with Gasteiger partial charge in [-0.3, -0.25) is 9.88 Å². The van der Waals surface area contributed by atoms with Gasteiger partial charge in [0.05, 0.1) is 31.1 Å². The van der Waals surface area contributed by atoms with Crippen molar-refractivity contribution >= 4 is 22.4 Å². The van der Waals surface area contributed by atoms with Crippen LogP contribution in [0.2, 0.25) is 0 Å². The molecule has 1 saturated heterocycles. The van der Waals surface area contributed by atoms with Gasteiger partial charge in [0.2, 0.25) is 0 Å². The van der Waals surface area contributed by atoms with Gasteiger partial charge in [-0.05, 0) is 73.5 Å². The van der Waals surface area contributed by atoms with Gasteiger partial charge in [-0.15, -0.1) is 0 Å². The Labute approximate surface area is 257 Å². The molecule has 222 valence electrons. The second-order valence-corrected chi connectivity index (χ2v) is 10.9. The Morgan fingerprint density at radius 2 is 1.68 bits per heavy atom. The normalized spacial score (nSPS) is 13.8. The molecule has 5 aromatic rings. The van der Waals surface area contributed by atoms with E-state index in [1.165, 1.54) is 5.56 Å². The third-order valence-electron chi connectivity index (χ3n) is 8.09. The fourth-order valence-corrected chi connectivity index (χ4v) is 5.65. The Hall–Kier alpha value is -5.13. The van der Waals surface area contributed by atoms with Crippen LogP contribution in [0.25, 0.3) is 11.0 Å². The quantitative estimate of drug-likeness (QED) is 0.184. The Balaban J connectivity index is 1.13. The lowest BCUT2D eigenvalue weighted by Gasteiger charge is -2.31. The molecule has 1 aliphatic rings. The summed E-state index contributed by atoms with van der Waals surface area (Å²) in [5.74, 6) is 2.37. The van der Waals surface area contributed by atoms with Gasteiger partial charge >= 0.3 is 0 Å². The van der Waals surface area contributed by atoms with E-state index in [2.05, 4.69) is 46.6 Å². The number of hydrogen-bond acceptors (Lipinski definition) is 8. The fourth-order valence-electron chi connectivity index (χ4n) is 5.65. The van der Waals surface area contributed by atoms with Crippen LogP contribution in [0.5, 0.6) is 17.2 Å². The molecule has 8 nitrogen and oxygen atoms in total. The highest BCUT2D eigenvalue weighted by atomic mass is 16.5. The molecule has 44 heavy (non-hydrogen) atoms. The summed E-state index contributed by atoms with van der Waals surface area (Å²) in [4.78, 5) is 12.2. The zero-order valence-electron chi connectivity index (χ0n) is 25.0. The molecule has 4 aromatic carbocycles. The van der Waals surface area contributed by atoms with E-state index in [0.717, 1.165) is 60.7 Å². The predicted molar refractivity (Wildman–Crippen MR) is 172 cm³/mol. The molecule has 8 heteroatoms. The summed E-state index contributed by atoms with van der Waals surface area (Å²) in [6.45, 7) is 3.42. The number of nitriles is 1. The SMILES string of the molecule is COc1ccc(COc2ccc(Nc3ccc4nc(C5CCN(Cc6ccccc6)CC5)cnc4c3C#N)cc2OC)cc1. The van der Waals surface area contributed by atoms with Crippen LogP contribution in [0.4, 0.5) is 11.4 Å². The van der Waals surface area contributed by atoms with Crippen molar-refractivity contribution in [1.29, 1.82) is 5.26 Å². The van der Waals surface area contributed by atoms with Gasteiger partial charge < -0.3 is 19.5 Å². The number of ether oxygens (including phenoxy) is 3. The number of methoxy groups -OCH3 is 2. The third-order valence-corrected chi connectivity index (χ3v) is 8.09. The summed E-state index contributed by atoms with van der Waals surface area (Å²) in [7, 11) is 3.25. The molecule has 1 fully saturated rings. The first-order valence-electron chi connectivity index (χ1n) is 14.8. The molecule has 1 aliphatic heterocycles. The number of nitrogens with zero attached hydrogens (tertiary/aromatic N) is 4. The van der Waals surface area contributed by atoms with Crippen molar-refractivity contribution in [2.24, 2.45) is 0 Å². The molecular formula is C36H35N5O3. The monoisotopic (exact) mass is 585 g/mol. The van der Waals surface area contributed by atoms with E-state index in [1.807, 2.05) is 60.8 Å². The van der Waals surface area contributed by atoms with E-state index in [0.29, 0.717) is 40.8 Å². The molecule has 1 aromatic heterocycles. The summed E-state index contributed by atoms with van der Waals surface area (Å²) < 4.78 is 16.9. The second-order valence-electron chi connectivity index (χ2n) is 10.9. The largest absolute Gasteiger partial charge is 0.497 e. The van der Waals surface area contributed by atoms with Crippen LogP contribution in [-0.2, 0) is 13.2 Å². The smallest absolute Gasteiger partial charge is 0.162 e. The Morgan fingerprint density at radius 1 is 0.886 bits per heavy atom. The standard InChI is InChI=1S/C36H35N5O3/c1-42-29-11-8-26(9-12-29)24-44-34-15-10-28(20-35(34)43-2)39-31-13-14-32-36(30(31)21-37)38-22-33(40-32)27-16-18-41(19-17-27)23-25-6-4-3-5-7-25/h3-15,20,22,27,39H,16-19,23-24H2,1-2H3. The number of benzene rings is 4. The number of piperidine rings is 1. The van der Waals surface area contributed by atoms with Crippen molar-refractivity contribution in [3.8, 4) is 23.3 Å². The Morgan fingerprint density at radius 3 is 2.41 bits per heavy atom. The second kappa shape index (κ2) is 13.4. The minimum absolute atomic E-state index is 0.361. The molecule has 0 amide bonds. The minimum atomic E-state index is 0.361. The fraction of sp³-hybridized carbons (Fsp3) is 0.250. The number of likely N-dealkylation sites (tertiary alicyclic amines) is 1. The topological polar surface area (TPSA) is 92.5 Å². The molecule has 0 bridgehead atoms. The lowest BCUT2D eigenvalue weighted by atomic mass is 9.93. The van der Waals surface area contributed by atoms with Crippen molar-refractivity contribution in [1.82, 2.24) is 14.9 Å². The van der Waals surface area contributed by atoms with Gasteiger partial charge in [0.1, 0.15) is 29.5 Å². The first kappa shape index (κ1) is 29.0. The van der Waals surface area contributed by atoms with Crippen LogP contribution >= 0.6 is 0 Å². The van der Waals surface area contributed by atoms with Crippen LogP contribution in [0.1, 0.15) is 41.1 Å². The van der Waals surface area contributed by atoms with E-state index in [1.54, 1.807) is 14.2 Å². The van der Waals surface area contributed by atoms with Gasteiger partial charge in [0.25, 0.3) is 0 Å². The highest BCUT2D eigenvalue weighted by Gasteiger charge is 2.23. The van der Waals surface area contributed by atoms with E-state index < -0.39 is 0 Å². The number of anilines is 2. The molecule has 0 unspecified atom stereocenters. The molecule has 0 saturated carbocycles. The van der Waals surface area contributed by atoms with Gasteiger partial charge in [-0.25, -0.2) is 4.98 Å². The van der Waals surface area contributed by atoms with Crippen molar-refractivity contribution < 1.29 is 14.2 Å². The van der Waals surface area contributed by atoms with Crippen molar-refractivity contribution in [3.63, 3.8) is 0 Å². The molecule has 0 spiro atoms. The van der Waals surface area contributed by atoms with Crippen molar-refractivity contribution in [3.05, 3.63) is 114 Å². The molecule has 2 heterocycles. The average Bonchev–Trinajstić information content (AvgIpc) is 3.08. The minimum Gasteiger partial charge on any atom is -0.497 e. The summed E-state index contributed by atoms with van der Waals surface area (Å²) >= 11 is 0. The predicted octanol–water partition coefficient (Wildman–Crippen LogP) is 7.22. The van der Waals surface area contributed by atoms with Crippen molar-refractivity contribution in [2.75, 3.05) is 32.6 Å². The maximum absolute atomic E-state index is 10.1. The van der Waals surface area contributed by atoms with Crippen LogP contribution in [0, 0.1) is 11.3 Å². The number of fused-ring (bicyclic) bond motifs is 1. The molecule has 1 N–H and O–H groups in total. The summed E-state index contributed by atoms with van der Waals surface area (Å²) in [5.41, 5.74) is 6.56. The maximum Gasteiger partial charge on any atom is 0.162 e. The Bertz CT molecular complexity index is 1760. The average molecular weight is 586 g/mol. The summed E-state index contributed by atoms with van der Waals surface area (Å²) in [6, 6.07) is 30.1. The van der Waals surface area contributed by atoms with Crippen LogP contribution < -0.4 is 19.5 Å². The zero-order valence-corrected chi connectivity index (χ0v) is 25.0. The van der Waals surface area contributed by atoms with E-state index >= 15 is 0 Å². The van der Waals surface area contributed by atoms with Crippen molar-refractivity contribution in [2.45, 2.75) is 31.9 Å². The zero-order chi connectivity index (χ0) is 30.3. The van der Waals surface area contributed by atoms with Gasteiger partial charge in [0, 0.05) is 30.4 Å². The molecule has 0 atom stereocenters. The van der Waals surface area contributed by atoms with Crippen LogP contribution in [-0.4, -0.2) is 42.2 Å². The molecule has 0 aliphatic carbocycles. The summed E-state index contributed by atoms with van der Waals surface area (Å²) in [5, 5.41) is 13.5. The highest BCUT2D eigenvalue weighted by Crippen LogP contribution is 2.34. The number of aromatic nitrogens is 2. The molecule has 0 radical (unpaired) electrons. The highest BCUT2D eigenvalue weighted by molar-refractivity contribution is 5.88. The summed E-state index contributed by atoms with van der Waals surface area (Å²) in [6.07, 6.45) is 3.93. The van der Waals surface area contributed by atoms with E-state index in [9.17, 15) is 5.26 Å². The van der Waals surface area contributed by atoms with Gasteiger partial charge in [-0.2, -0.15) is 5.26 Å². The van der Waals surface area contributed by atoms with E-state index in [-0.39, 0.29) is 0 Å². The first-order chi connectivity index (χ1) is 21.6. The number of rotatable bonds is 10. The molecular weight excluding hydrogens is 550 g/mol. The number of hydrogen-bond donors (Lipinski definition) is 1. The van der Waals surface area contributed by atoms with E-state index in [4.69, 9.17) is 24.2 Å². The third kappa shape index (κ3) is 6.59. The van der Waals surface area contributed by atoms with Crippen LogP contribution in [0.15, 0.2) is 91.1 Å². The van der Waals surface area contributed by atoms with Gasteiger partial charge in [-0.1, -0.05) is 42.5 Å². The lowest BCUT2D eigenvalue weighted by Crippen LogP contribution is -2.32. The molecule has 6 rings (SSSR count). The van der Waals surface area contributed by atoms with Crippen LogP contribution in [0.3, 0.4) is 0 Å². The lowest BCUT2D eigenvalue weighted by molar-refractivity contribution is 0.203. The number of nitrogens with one attached hydrogen (secondary N) is 1. The maximum atomic E-state index is 10.1.